The molecule has 1 saturated heterocycles. The zero-order chi connectivity index (χ0) is 17.2. The van der Waals surface area contributed by atoms with Crippen LogP contribution < -0.4 is 0 Å². The smallest absolute Gasteiger partial charge is 0.303 e. The van der Waals surface area contributed by atoms with Crippen molar-refractivity contribution in [3.8, 4) is 0 Å². The lowest BCUT2D eigenvalue weighted by molar-refractivity contribution is -0.141. The van der Waals surface area contributed by atoms with Gasteiger partial charge in [0.15, 0.2) is 5.69 Å². The summed E-state index contributed by atoms with van der Waals surface area (Å²) in [5.41, 5.74) is 0.986. The first kappa shape index (κ1) is 17.0. The Morgan fingerprint density at radius 1 is 1.38 bits per heavy atom. The average Bonchev–Trinajstić information content (AvgIpc) is 3.16. The lowest BCUT2D eigenvalue weighted by Gasteiger charge is -2.32. The predicted octanol–water partition coefficient (Wildman–Crippen LogP) is 2.97. The monoisotopic (exact) mass is 341 g/mol. The van der Waals surface area contributed by atoms with Gasteiger partial charge in [-0.25, -0.2) is 0 Å². The maximum Gasteiger partial charge on any atom is 0.435 e. The van der Waals surface area contributed by atoms with Crippen LogP contribution in [0.4, 0.5) is 13.2 Å². The molecule has 5 nitrogen and oxygen atoms in total. The van der Waals surface area contributed by atoms with Crippen LogP contribution in [0.5, 0.6) is 0 Å². The van der Waals surface area contributed by atoms with E-state index in [4.69, 9.17) is 0 Å². The van der Waals surface area contributed by atoms with Crippen molar-refractivity contribution in [1.82, 2.24) is 24.9 Å². The van der Waals surface area contributed by atoms with Crippen molar-refractivity contribution in [1.29, 1.82) is 0 Å². The summed E-state index contributed by atoms with van der Waals surface area (Å²) in [7, 11) is 1.90. The van der Waals surface area contributed by atoms with Gasteiger partial charge in [0, 0.05) is 31.4 Å². The Kier molecular flexibility index (Phi) is 4.93. The van der Waals surface area contributed by atoms with Gasteiger partial charge in [-0.2, -0.15) is 23.4 Å². The molecule has 132 valence electrons. The lowest BCUT2D eigenvalue weighted by atomic mass is 9.94. The summed E-state index contributed by atoms with van der Waals surface area (Å²) in [6.45, 7) is 2.74. The number of halogens is 3. The van der Waals surface area contributed by atoms with Crippen molar-refractivity contribution in [2.45, 2.75) is 37.8 Å². The fourth-order valence-electron chi connectivity index (χ4n) is 3.31. The fraction of sp³-hybridized carbons (Fsp3) is 0.625. The normalized spacial score (nSPS) is 19.8. The van der Waals surface area contributed by atoms with E-state index in [2.05, 4.69) is 20.2 Å². The van der Waals surface area contributed by atoms with Crippen LogP contribution in [0.25, 0.3) is 0 Å². The van der Waals surface area contributed by atoms with Gasteiger partial charge in [-0.3, -0.25) is 9.78 Å². The summed E-state index contributed by atoms with van der Waals surface area (Å²) >= 11 is 0. The second-order valence-corrected chi connectivity index (χ2v) is 6.47. The van der Waals surface area contributed by atoms with E-state index >= 15 is 0 Å². The minimum absolute atomic E-state index is 0.0979. The molecule has 1 atom stereocenters. The second-order valence-electron chi connectivity index (χ2n) is 6.47. The number of aromatic amines is 1. The number of alkyl halides is 3. The lowest BCUT2D eigenvalue weighted by Crippen LogP contribution is -2.35. The largest absolute Gasteiger partial charge is 0.435 e. The maximum atomic E-state index is 12.7. The summed E-state index contributed by atoms with van der Waals surface area (Å²) in [5.74, 6) is 0.0979. The SMILES string of the molecule is Cn1cc(CCCN2CCC[C@@H](c3cc(C(F)(F)F)n[nH]3)C2)cn1. The molecule has 3 rings (SSSR count). The molecule has 1 aliphatic heterocycles. The Hall–Kier alpha value is -1.83. The van der Waals surface area contributed by atoms with Crippen LogP contribution in [0.15, 0.2) is 18.5 Å². The van der Waals surface area contributed by atoms with Crippen molar-refractivity contribution in [2.75, 3.05) is 19.6 Å². The quantitative estimate of drug-likeness (QED) is 0.910. The highest BCUT2D eigenvalue weighted by Crippen LogP contribution is 2.32. The molecule has 0 aromatic carbocycles. The van der Waals surface area contributed by atoms with Gasteiger partial charge in [-0.05, 0) is 50.4 Å². The molecule has 1 aliphatic rings. The van der Waals surface area contributed by atoms with Crippen molar-refractivity contribution < 1.29 is 13.2 Å². The first-order chi connectivity index (χ1) is 11.4. The zero-order valence-corrected chi connectivity index (χ0v) is 13.7. The Labute approximate surface area is 138 Å². The topological polar surface area (TPSA) is 49.7 Å². The molecule has 0 aliphatic carbocycles. The van der Waals surface area contributed by atoms with E-state index in [1.165, 1.54) is 5.56 Å². The fourth-order valence-corrected chi connectivity index (χ4v) is 3.31. The molecule has 0 saturated carbocycles. The Balaban J connectivity index is 1.51. The van der Waals surface area contributed by atoms with Crippen LogP contribution >= 0.6 is 0 Å². The number of rotatable bonds is 5. The van der Waals surface area contributed by atoms with Crippen LogP contribution in [-0.2, 0) is 19.6 Å². The van der Waals surface area contributed by atoms with Crippen LogP contribution in [-0.4, -0.2) is 44.5 Å². The minimum Gasteiger partial charge on any atom is -0.303 e. The Bertz CT molecular complexity index is 661. The highest BCUT2D eigenvalue weighted by molar-refractivity contribution is 5.16. The molecule has 1 N–H and O–H groups in total. The van der Waals surface area contributed by atoms with E-state index in [1.807, 2.05) is 19.4 Å². The van der Waals surface area contributed by atoms with Crippen molar-refractivity contribution >= 4 is 0 Å². The molecule has 0 radical (unpaired) electrons. The number of aromatic nitrogens is 4. The Morgan fingerprint density at radius 3 is 2.88 bits per heavy atom. The molecule has 0 amide bonds. The third-order valence-corrected chi connectivity index (χ3v) is 4.53. The summed E-state index contributed by atoms with van der Waals surface area (Å²) in [6.07, 6.45) is 3.40. The molecular formula is C16H22F3N5. The molecule has 0 spiro atoms. The maximum absolute atomic E-state index is 12.7. The van der Waals surface area contributed by atoms with Crippen molar-refractivity contribution in [3.63, 3.8) is 0 Å². The second kappa shape index (κ2) is 6.96. The molecule has 0 bridgehead atoms. The molecule has 8 heteroatoms. The van der Waals surface area contributed by atoms with Crippen molar-refractivity contribution in [2.24, 2.45) is 7.05 Å². The summed E-state index contributed by atoms with van der Waals surface area (Å²) in [6, 6.07) is 1.16. The van der Waals surface area contributed by atoms with Gasteiger partial charge < -0.3 is 4.90 Å². The number of piperidine rings is 1. The van der Waals surface area contributed by atoms with Gasteiger partial charge in [0.1, 0.15) is 0 Å². The van der Waals surface area contributed by atoms with E-state index in [9.17, 15) is 13.2 Å². The first-order valence-corrected chi connectivity index (χ1v) is 8.24. The van der Waals surface area contributed by atoms with E-state index in [0.717, 1.165) is 51.4 Å². The standard InChI is InChI=1S/C16H22F3N5/c1-23-10-12(9-20-23)4-2-6-24-7-3-5-13(11-24)14-8-15(22-21-14)16(17,18)19/h8-10,13H,2-7,11H2,1H3,(H,21,22)/t13-/m1/s1. The number of aryl methyl sites for hydroxylation is 2. The number of H-pyrrole nitrogens is 1. The van der Waals surface area contributed by atoms with Crippen LogP contribution in [0, 0.1) is 0 Å². The number of likely N-dealkylation sites (tertiary alicyclic amines) is 1. The van der Waals surface area contributed by atoms with Crippen LogP contribution in [0.1, 0.15) is 42.1 Å². The van der Waals surface area contributed by atoms with Gasteiger partial charge in [-0.15, -0.1) is 0 Å². The van der Waals surface area contributed by atoms with Gasteiger partial charge >= 0.3 is 6.18 Å². The third-order valence-electron chi connectivity index (χ3n) is 4.53. The first-order valence-electron chi connectivity index (χ1n) is 8.24. The van der Waals surface area contributed by atoms with Crippen LogP contribution in [0.2, 0.25) is 0 Å². The highest BCUT2D eigenvalue weighted by atomic mass is 19.4. The van der Waals surface area contributed by atoms with Gasteiger partial charge in [0.2, 0.25) is 0 Å². The minimum atomic E-state index is -4.38. The van der Waals surface area contributed by atoms with Gasteiger partial charge in [-0.1, -0.05) is 0 Å². The van der Waals surface area contributed by atoms with E-state index < -0.39 is 11.9 Å². The zero-order valence-electron chi connectivity index (χ0n) is 13.7. The number of hydrogen-bond donors (Lipinski definition) is 1. The van der Waals surface area contributed by atoms with E-state index in [1.54, 1.807) is 4.68 Å². The molecule has 1 fully saturated rings. The molecule has 2 aromatic rings. The number of hydrogen-bond acceptors (Lipinski definition) is 3. The van der Waals surface area contributed by atoms with Crippen molar-refractivity contribution in [3.05, 3.63) is 35.4 Å². The highest BCUT2D eigenvalue weighted by Gasteiger charge is 2.35. The van der Waals surface area contributed by atoms with Crippen LogP contribution in [0.3, 0.4) is 0 Å². The molecule has 3 heterocycles. The number of nitrogens with zero attached hydrogens (tertiary/aromatic N) is 4. The third kappa shape index (κ3) is 4.17. The summed E-state index contributed by atoms with van der Waals surface area (Å²) < 4.78 is 39.8. The Morgan fingerprint density at radius 2 is 2.21 bits per heavy atom. The molecular weight excluding hydrogens is 319 g/mol. The van der Waals surface area contributed by atoms with E-state index in [0.29, 0.717) is 5.69 Å². The summed E-state index contributed by atoms with van der Waals surface area (Å²) in [5, 5.41) is 10.1. The molecule has 0 unspecified atom stereocenters. The average molecular weight is 341 g/mol. The summed E-state index contributed by atoms with van der Waals surface area (Å²) in [4.78, 5) is 2.33. The molecule has 2 aromatic heterocycles. The number of nitrogens with one attached hydrogen (secondary N) is 1. The molecule has 24 heavy (non-hydrogen) atoms. The van der Waals surface area contributed by atoms with Gasteiger partial charge in [0.25, 0.3) is 0 Å². The van der Waals surface area contributed by atoms with Gasteiger partial charge in [0.05, 0.1) is 6.20 Å². The van der Waals surface area contributed by atoms with E-state index in [-0.39, 0.29) is 5.92 Å². The predicted molar refractivity (Wildman–Crippen MR) is 83.5 cm³/mol.